The Morgan fingerprint density at radius 1 is 1.43 bits per heavy atom. The summed E-state index contributed by atoms with van der Waals surface area (Å²) in [5.41, 5.74) is -0.964. The quantitative estimate of drug-likeness (QED) is 0.321. The molecule has 0 aliphatic rings. The first-order chi connectivity index (χ1) is 6.34. The van der Waals surface area contributed by atoms with Crippen molar-refractivity contribution in [2.75, 3.05) is 6.61 Å². The predicted octanol–water partition coefficient (Wildman–Crippen LogP) is 1.80. The average Bonchev–Trinajstić information content (AvgIpc) is 2.04. The summed E-state index contributed by atoms with van der Waals surface area (Å²) in [6.07, 6.45) is -5.13. The van der Waals surface area contributed by atoms with Crippen LogP contribution in [0.25, 0.3) is 0 Å². The monoisotopic (exact) mass is 230 g/mol. The second-order valence-corrected chi connectivity index (χ2v) is 2.29. The topological polar surface area (TPSA) is 43.4 Å². The van der Waals surface area contributed by atoms with E-state index in [4.69, 9.17) is 11.6 Å². The molecule has 0 bridgehead atoms. The zero-order chi connectivity index (χ0) is 11.4. The number of alkyl halides is 3. The van der Waals surface area contributed by atoms with Crippen molar-refractivity contribution in [2.45, 2.75) is 13.1 Å². The molecule has 0 unspecified atom stereocenters. The molecule has 0 N–H and O–H groups in total. The predicted molar refractivity (Wildman–Crippen MR) is 41.6 cm³/mol. The Balaban J connectivity index is 4.77. The van der Waals surface area contributed by atoms with Crippen LogP contribution in [0.2, 0.25) is 0 Å². The fraction of sp³-hybridized carbons (Fsp3) is 0.429. The molecule has 0 aromatic heterocycles. The summed E-state index contributed by atoms with van der Waals surface area (Å²) in [5, 5.41) is 0. The van der Waals surface area contributed by atoms with E-state index < -0.39 is 23.5 Å². The van der Waals surface area contributed by atoms with E-state index in [9.17, 15) is 22.8 Å². The van der Waals surface area contributed by atoms with Crippen LogP contribution in [0.5, 0.6) is 0 Å². The highest BCUT2D eigenvalue weighted by molar-refractivity contribution is 6.33. The lowest BCUT2D eigenvalue weighted by atomic mass is 10.2. The van der Waals surface area contributed by atoms with Crippen molar-refractivity contribution in [1.29, 1.82) is 0 Å². The van der Waals surface area contributed by atoms with E-state index in [0.29, 0.717) is 0 Å². The standard InChI is InChI=1S/C7H6ClF3O3/c1-2-14-6(13)4(3-8)5(12)7(9,10)11/h3H,2H2,1H3. The number of Topliss-reactive ketones (excluding diaryl/α,β-unsaturated/α-hetero) is 1. The first kappa shape index (κ1) is 13.0. The van der Waals surface area contributed by atoms with Crippen LogP contribution in [0.3, 0.4) is 0 Å². The number of hydrogen-bond acceptors (Lipinski definition) is 3. The Bertz CT molecular complexity index is 270. The molecule has 14 heavy (non-hydrogen) atoms. The van der Waals surface area contributed by atoms with Crippen molar-refractivity contribution in [3.05, 3.63) is 11.1 Å². The maximum atomic E-state index is 11.8. The second kappa shape index (κ2) is 4.99. The van der Waals surface area contributed by atoms with Crippen molar-refractivity contribution in [3.8, 4) is 0 Å². The number of rotatable bonds is 3. The molecule has 0 spiro atoms. The Labute approximate surface area is 82.5 Å². The minimum Gasteiger partial charge on any atom is -0.462 e. The molecule has 0 aromatic carbocycles. The largest absolute Gasteiger partial charge is 0.462 e. The number of carbonyl (C=O) groups is 2. The van der Waals surface area contributed by atoms with Gasteiger partial charge in [-0.15, -0.1) is 0 Å². The van der Waals surface area contributed by atoms with E-state index in [-0.39, 0.29) is 12.1 Å². The van der Waals surface area contributed by atoms with E-state index in [1.165, 1.54) is 6.92 Å². The van der Waals surface area contributed by atoms with Gasteiger partial charge in [0.15, 0.2) is 0 Å². The molecule has 0 fully saturated rings. The SMILES string of the molecule is CCOC(=O)C(=CCl)C(=O)C(F)(F)F. The number of esters is 1. The van der Waals surface area contributed by atoms with Gasteiger partial charge in [-0.25, -0.2) is 4.79 Å². The van der Waals surface area contributed by atoms with Crippen LogP contribution in [0.4, 0.5) is 13.2 Å². The maximum Gasteiger partial charge on any atom is 0.455 e. The van der Waals surface area contributed by atoms with Crippen LogP contribution in [-0.4, -0.2) is 24.5 Å². The van der Waals surface area contributed by atoms with Gasteiger partial charge in [0.05, 0.1) is 6.61 Å². The van der Waals surface area contributed by atoms with E-state index in [1.54, 1.807) is 0 Å². The molecule has 80 valence electrons. The van der Waals surface area contributed by atoms with Crippen LogP contribution in [-0.2, 0) is 14.3 Å². The fourth-order valence-corrected chi connectivity index (χ4v) is 0.737. The highest BCUT2D eigenvalue weighted by Gasteiger charge is 2.43. The first-order valence-electron chi connectivity index (χ1n) is 3.43. The summed E-state index contributed by atoms with van der Waals surface area (Å²) in [7, 11) is 0. The number of halogens is 4. The van der Waals surface area contributed by atoms with Crippen molar-refractivity contribution in [3.63, 3.8) is 0 Å². The Kier molecular flexibility index (Phi) is 4.62. The van der Waals surface area contributed by atoms with Gasteiger partial charge >= 0.3 is 12.1 Å². The third kappa shape index (κ3) is 3.37. The highest BCUT2D eigenvalue weighted by atomic mass is 35.5. The summed E-state index contributed by atoms with van der Waals surface area (Å²) in [6.45, 7) is 1.25. The van der Waals surface area contributed by atoms with E-state index in [0.717, 1.165) is 0 Å². The summed E-state index contributed by atoms with van der Waals surface area (Å²) < 4.78 is 39.7. The molecule has 0 rings (SSSR count). The third-order valence-corrected chi connectivity index (χ3v) is 1.32. The molecule has 0 saturated carbocycles. The summed E-state index contributed by atoms with van der Waals surface area (Å²) in [4.78, 5) is 21.3. The van der Waals surface area contributed by atoms with Crippen LogP contribution < -0.4 is 0 Å². The van der Waals surface area contributed by atoms with Gasteiger partial charge in [0, 0.05) is 5.54 Å². The lowest BCUT2D eigenvalue weighted by Gasteiger charge is -2.07. The van der Waals surface area contributed by atoms with Gasteiger partial charge in [0.25, 0.3) is 5.78 Å². The van der Waals surface area contributed by atoms with Crippen LogP contribution in [0.15, 0.2) is 11.1 Å². The Hall–Kier alpha value is -1.04. The number of ether oxygens (including phenoxy) is 1. The molecule has 0 saturated heterocycles. The van der Waals surface area contributed by atoms with Crippen molar-refractivity contribution in [2.24, 2.45) is 0 Å². The van der Waals surface area contributed by atoms with Crippen LogP contribution in [0.1, 0.15) is 6.92 Å². The lowest BCUT2D eigenvalue weighted by Crippen LogP contribution is -2.29. The average molecular weight is 231 g/mol. The zero-order valence-corrected chi connectivity index (χ0v) is 7.78. The Morgan fingerprint density at radius 3 is 2.21 bits per heavy atom. The van der Waals surface area contributed by atoms with Gasteiger partial charge in [-0.2, -0.15) is 13.2 Å². The van der Waals surface area contributed by atoms with Gasteiger partial charge in [-0.1, -0.05) is 11.6 Å². The normalized spacial score (nSPS) is 12.5. The molecule has 0 aromatic rings. The second-order valence-electron chi connectivity index (χ2n) is 2.07. The Morgan fingerprint density at radius 2 is 1.93 bits per heavy atom. The molecule has 0 radical (unpaired) electrons. The van der Waals surface area contributed by atoms with Gasteiger partial charge in [0.1, 0.15) is 5.57 Å². The molecule has 0 amide bonds. The summed E-state index contributed by atoms with van der Waals surface area (Å²) in [6, 6.07) is 0. The molecule has 3 nitrogen and oxygen atoms in total. The molecule has 0 aliphatic carbocycles. The van der Waals surface area contributed by atoms with Crippen molar-refractivity contribution < 1.29 is 27.5 Å². The smallest absolute Gasteiger partial charge is 0.455 e. The van der Waals surface area contributed by atoms with Gasteiger partial charge in [-0.3, -0.25) is 4.79 Å². The van der Waals surface area contributed by atoms with E-state index >= 15 is 0 Å². The molecular formula is C7H6ClF3O3. The number of hydrogen-bond donors (Lipinski definition) is 0. The first-order valence-corrected chi connectivity index (χ1v) is 3.87. The molecule has 0 aliphatic heterocycles. The minimum atomic E-state index is -5.13. The molecule has 0 heterocycles. The summed E-state index contributed by atoms with van der Waals surface area (Å²) in [5.74, 6) is -3.70. The molecule has 0 atom stereocenters. The summed E-state index contributed by atoms with van der Waals surface area (Å²) >= 11 is 4.92. The molecular weight excluding hydrogens is 225 g/mol. The highest BCUT2D eigenvalue weighted by Crippen LogP contribution is 2.21. The number of carbonyl (C=O) groups excluding carboxylic acids is 2. The van der Waals surface area contributed by atoms with Crippen LogP contribution in [0, 0.1) is 0 Å². The fourth-order valence-electron chi connectivity index (χ4n) is 0.548. The van der Waals surface area contributed by atoms with Gasteiger partial charge < -0.3 is 4.74 Å². The van der Waals surface area contributed by atoms with Crippen LogP contribution >= 0.6 is 11.6 Å². The van der Waals surface area contributed by atoms with Crippen molar-refractivity contribution >= 4 is 23.4 Å². The maximum absolute atomic E-state index is 11.8. The number of ketones is 1. The van der Waals surface area contributed by atoms with Crippen molar-refractivity contribution in [1.82, 2.24) is 0 Å². The lowest BCUT2D eigenvalue weighted by molar-refractivity contribution is -0.168. The van der Waals surface area contributed by atoms with E-state index in [1.807, 2.05) is 0 Å². The van der Waals surface area contributed by atoms with Gasteiger partial charge in [-0.05, 0) is 6.92 Å². The third-order valence-electron chi connectivity index (χ3n) is 1.11. The zero-order valence-electron chi connectivity index (χ0n) is 7.02. The van der Waals surface area contributed by atoms with Gasteiger partial charge in [0.2, 0.25) is 0 Å². The van der Waals surface area contributed by atoms with E-state index in [2.05, 4.69) is 4.74 Å². The molecule has 7 heteroatoms. The minimum absolute atomic E-state index is 0.141.